The van der Waals surface area contributed by atoms with E-state index in [-0.39, 0.29) is 5.78 Å². The Bertz CT molecular complexity index is 315. The van der Waals surface area contributed by atoms with Gasteiger partial charge < -0.3 is 9.15 Å². The second-order valence-corrected chi connectivity index (χ2v) is 3.64. The van der Waals surface area contributed by atoms with Crippen LogP contribution < -0.4 is 0 Å². The summed E-state index contributed by atoms with van der Waals surface area (Å²) in [5.74, 6) is 1.03. The Labute approximate surface area is 83.0 Å². The van der Waals surface area contributed by atoms with Crippen LogP contribution in [0.1, 0.15) is 31.9 Å². The van der Waals surface area contributed by atoms with Crippen LogP contribution in [0.5, 0.6) is 0 Å². The molecule has 1 aromatic heterocycles. The van der Waals surface area contributed by atoms with Crippen LogP contribution >= 0.6 is 0 Å². The highest BCUT2D eigenvalue weighted by molar-refractivity contribution is 5.80. The molecule has 0 amide bonds. The topological polar surface area (TPSA) is 39.4 Å². The fourth-order valence-corrected chi connectivity index (χ4v) is 1.92. The van der Waals surface area contributed by atoms with Gasteiger partial charge in [-0.25, -0.2) is 0 Å². The quantitative estimate of drug-likeness (QED) is 0.725. The molecule has 1 aliphatic heterocycles. The summed E-state index contributed by atoms with van der Waals surface area (Å²) in [6.07, 6.45) is 3.36. The third-order valence-corrected chi connectivity index (χ3v) is 2.78. The van der Waals surface area contributed by atoms with E-state index in [1.165, 1.54) is 0 Å². The molecule has 2 heterocycles. The number of ketones is 1. The molecule has 1 saturated heterocycles. The molecule has 14 heavy (non-hydrogen) atoms. The van der Waals surface area contributed by atoms with Gasteiger partial charge in [0.15, 0.2) is 0 Å². The minimum Gasteiger partial charge on any atom is -0.466 e. The van der Waals surface area contributed by atoms with Crippen molar-refractivity contribution in [2.75, 3.05) is 6.61 Å². The third kappa shape index (κ3) is 1.48. The van der Waals surface area contributed by atoms with E-state index in [1.54, 1.807) is 6.26 Å². The van der Waals surface area contributed by atoms with Crippen LogP contribution in [0.15, 0.2) is 22.8 Å². The summed E-state index contributed by atoms with van der Waals surface area (Å²) in [5.41, 5.74) is -0.501. The maximum Gasteiger partial charge on any atom is 0.138 e. The predicted molar refractivity (Wildman–Crippen MR) is 50.9 cm³/mol. The molecule has 0 N–H and O–H groups in total. The predicted octanol–water partition coefficient (Wildman–Crippen LogP) is 2.26. The molecule has 3 nitrogen and oxygen atoms in total. The Kier molecular flexibility index (Phi) is 2.42. The van der Waals surface area contributed by atoms with Gasteiger partial charge in [-0.1, -0.05) is 6.92 Å². The lowest BCUT2D eigenvalue weighted by atomic mass is 9.88. The fraction of sp³-hybridized carbons (Fsp3) is 0.545. The number of hydrogen-bond acceptors (Lipinski definition) is 3. The Balaban J connectivity index is 2.29. The Morgan fingerprint density at radius 1 is 1.57 bits per heavy atom. The molecule has 0 spiro atoms. The highest BCUT2D eigenvalue weighted by Crippen LogP contribution is 2.36. The van der Waals surface area contributed by atoms with Crippen molar-refractivity contribution in [3.8, 4) is 0 Å². The summed E-state index contributed by atoms with van der Waals surface area (Å²) >= 11 is 0. The normalized spacial score (nSPS) is 27.9. The zero-order valence-electron chi connectivity index (χ0n) is 8.29. The van der Waals surface area contributed by atoms with E-state index in [0.717, 1.165) is 12.2 Å². The third-order valence-electron chi connectivity index (χ3n) is 2.78. The number of Topliss-reactive ketones (excluding diaryl/α,β-unsaturated/α-hetero) is 1. The fourth-order valence-electron chi connectivity index (χ4n) is 1.92. The highest BCUT2D eigenvalue weighted by atomic mass is 16.5. The lowest BCUT2D eigenvalue weighted by molar-refractivity contribution is -0.145. The average molecular weight is 194 g/mol. The maximum atomic E-state index is 11.4. The van der Waals surface area contributed by atoms with Gasteiger partial charge in [0, 0.05) is 12.8 Å². The minimum absolute atomic E-state index is 0.259. The van der Waals surface area contributed by atoms with Gasteiger partial charge in [0.1, 0.15) is 17.1 Å². The van der Waals surface area contributed by atoms with Gasteiger partial charge in [0.2, 0.25) is 0 Å². The van der Waals surface area contributed by atoms with Gasteiger partial charge in [0.25, 0.3) is 0 Å². The van der Waals surface area contributed by atoms with E-state index in [4.69, 9.17) is 9.15 Å². The van der Waals surface area contributed by atoms with Gasteiger partial charge in [-0.15, -0.1) is 0 Å². The second kappa shape index (κ2) is 3.58. The van der Waals surface area contributed by atoms with Gasteiger partial charge in [-0.05, 0) is 18.6 Å². The standard InChI is InChI=1S/C11H14O3/c1-2-11(10-4-3-6-13-10)8-9(12)5-7-14-11/h3-4,6H,2,5,7-8H2,1H3. The SMILES string of the molecule is CCC1(c2ccco2)CC(=O)CCO1. The van der Waals surface area contributed by atoms with Crippen molar-refractivity contribution in [2.45, 2.75) is 31.8 Å². The van der Waals surface area contributed by atoms with Crippen LogP contribution in [0.25, 0.3) is 0 Å². The van der Waals surface area contributed by atoms with Crippen molar-refractivity contribution in [3.05, 3.63) is 24.2 Å². The number of carbonyl (C=O) groups excluding carboxylic acids is 1. The first-order valence-electron chi connectivity index (χ1n) is 4.96. The Hall–Kier alpha value is -1.09. The van der Waals surface area contributed by atoms with Crippen LogP contribution in [-0.4, -0.2) is 12.4 Å². The lowest BCUT2D eigenvalue weighted by Crippen LogP contribution is -2.36. The van der Waals surface area contributed by atoms with Gasteiger partial charge >= 0.3 is 0 Å². The van der Waals surface area contributed by atoms with E-state index < -0.39 is 5.60 Å². The number of rotatable bonds is 2. The number of ether oxygens (including phenoxy) is 1. The van der Waals surface area contributed by atoms with Gasteiger partial charge in [-0.3, -0.25) is 4.79 Å². The number of carbonyl (C=O) groups is 1. The van der Waals surface area contributed by atoms with Crippen LogP contribution in [0.2, 0.25) is 0 Å². The molecule has 1 aliphatic rings. The first-order valence-corrected chi connectivity index (χ1v) is 4.96. The Morgan fingerprint density at radius 3 is 3.00 bits per heavy atom. The van der Waals surface area contributed by atoms with Crippen molar-refractivity contribution < 1.29 is 13.9 Å². The van der Waals surface area contributed by atoms with Crippen molar-refractivity contribution in [3.63, 3.8) is 0 Å². The molecular formula is C11H14O3. The zero-order chi connectivity index (χ0) is 10.0. The molecule has 0 aliphatic carbocycles. The summed E-state index contributed by atoms with van der Waals surface area (Å²) in [5, 5.41) is 0. The summed E-state index contributed by atoms with van der Waals surface area (Å²) in [7, 11) is 0. The monoisotopic (exact) mass is 194 g/mol. The largest absolute Gasteiger partial charge is 0.466 e. The summed E-state index contributed by atoms with van der Waals surface area (Å²) in [6.45, 7) is 2.52. The van der Waals surface area contributed by atoms with E-state index in [1.807, 2.05) is 19.1 Å². The molecule has 1 unspecified atom stereocenters. The van der Waals surface area contributed by atoms with Gasteiger partial charge in [0.05, 0.1) is 12.9 Å². The minimum atomic E-state index is -0.501. The van der Waals surface area contributed by atoms with Crippen molar-refractivity contribution in [2.24, 2.45) is 0 Å². The van der Waals surface area contributed by atoms with Crippen LogP contribution in [0.4, 0.5) is 0 Å². The van der Waals surface area contributed by atoms with E-state index in [9.17, 15) is 4.79 Å². The molecule has 1 atom stereocenters. The number of furan rings is 1. The molecule has 0 aromatic carbocycles. The van der Waals surface area contributed by atoms with Crippen molar-refractivity contribution in [1.29, 1.82) is 0 Å². The van der Waals surface area contributed by atoms with Crippen LogP contribution in [-0.2, 0) is 15.1 Å². The van der Waals surface area contributed by atoms with Crippen molar-refractivity contribution in [1.82, 2.24) is 0 Å². The summed E-state index contributed by atoms with van der Waals surface area (Å²) < 4.78 is 11.1. The molecule has 3 heteroatoms. The molecule has 0 bridgehead atoms. The smallest absolute Gasteiger partial charge is 0.138 e. The molecule has 76 valence electrons. The molecule has 1 fully saturated rings. The highest BCUT2D eigenvalue weighted by Gasteiger charge is 2.39. The number of hydrogen-bond donors (Lipinski definition) is 0. The summed E-state index contributed by atoms with van der Waals surface area (Å²) in [4.78, 5) is 11.4. The second-order valence-electron chi connectivity index (χ2n) is 3.64. The molecule has 0 radical (unpaired) electrons. The average Bonchev–Trinajstić information content (AvgIpc) is 2.71. The van der Waals surface area contributed by atoms with Crippen LogP contribution in [0.3, 0.4) is 0 Å². The van der Waals surface area contributed by atoms with E-state index >= 15 is 0 Å². The lowest BCUT2D eigenvalue weighted by Gasteiger charge is -2.33. The van der Waals surface area contributed by atoms with E-state index in [0.29, 0.717) is 19.4 Å². The first kappa shape index (κ1) is 9.46. The molecule has 1 aromatic rings. The first-order chi connectivity index (χ1) is 6.77. The van der Waals surface area contributed by atoms with E-state index in [2.05, 4.69) is 0 Å². The molecular weight excluding hydrogens is 180 g/mol. The maximum absolute atomic E-state index is 11.4. The molecule has 2 rings (SSSR count). The zero-order valence-corrected chi connectivity index (χ0v) is 8.29. The summed E-state index contributed by atoms with van der Waals surface area (Å²) in [6, 6.07) is 3.71. The molecule has 0 saturated carbocycles. The Morgan fingerprint density at radius 2 is 2.43 bits per heavy atom. The van der Waals surface area contributed by atoms with Gasteiger partial charge in [-0.2, -0.15) is 0 Å². The van der Waals surface area contributed by atoms with Crippen molar-refractivity contribution >= 4 is 5.78 Å². The van der Waals surface area contributed by atoms with Crippen LogP contribution in [0, 0.1) is 0 Å².